The molecule has 0 saturated heterocycles. The van der Waals surface area contributed by atoms with Gasteiger partial charge in [0.2, 0.25) is 0 Å². The van der Waals surface area contributed by atoms with E-state index < -0.39 is 11.5 Å². The van der Waals surface area contributed by atoms with E-state index in [0.717, 1.165) is 0 Å². The predicted octanol–water partition coefficient (Wildman–Crippen LogP) is 3.69. The van der Waals surface area contributed by atoms with Crippen molar-refractivity contribution in [2.24, 2.45) is 4.99 Å². The molecule has 0 aliphatic carbocycles. The third-order valence-corrected chi connectivity index (χ3v) is 4.96. The standard InChI is InChI=1S/C20H13ClFN7O/c1-11(27-19-17-13(22)8-24-18(17)25-10-26-19)14-7-16-23-9-15(21)29(16)20(30)28(14)12-5-3-2-4-6-12/h2-10H,1H3,(H,24,25,26). The van der Waals surface area contributed by atoms with Crippen LogP contribution in [-0.2, 0) is 0 Å². The van der Waals surface area contributed by atoms with E-state index in [0.29, 0.717) is 28.4 Å². The summed E-state index contributed by atoms with van der Waals surface area (Å²) in [4.78, 5) is 32.8. The number of para-hydroxylation sites is 1. The van der Waals surface area contributed by atoms with Gasteiger partial charge in [-0.1, -0.05) is 29.8 Å². The highest BCUT2D eigenvalue weighted by molar-refractivity contribution is 6.29. The lowest BCUT2D eigenvalue weighted by atomic mass is 10.2. The lowest BCUT2D eigenvalue weighted by molar-refractivity contribution is 0.639. The zero-order chi connectivity index (χ0) is 20.8. The number of aromatic nitrogens is 6. The van der Waals surface area contributed by atoms with Crippen molar-refractivity contribution in [1.29, 1.82) is 0 Å². The number of H-pyrrole nitrogens is 1. The molecule has 0 spiro atoms. The largest absolute Gasteiger partial charge is 0.343 e. The van der Waals surface area contributed by atoms with E-state index in [1.165, 1.54) is 27.7 Å². The maximum absolute atomic E-state index is 14.2. The second kappa shape index (κ2) is 6.89. The van der Waals surface area contributed by atoms with Crippen molar-refractivity contribution in [2.45, 2.75) is 6.92 Å². The lowest BCUT2D eigenvalue weighted by Crippen LogP contribution is -2.29. The molecule has 10 heteroatoms. The van der Waals surface area contributed by atoms with Crippen molar-refractivity contribution in [2.75, 3.05) is 0 Å². The molecule has 0 aliphatic rings. The quantitative estimate of drug-likeness (QED) is 0.449. The summed E-state index contributed by atoms with van der Waals surface area (Å²) < 4.78 is 17.0. The Bertz CT molecular complexity index is 1500. The molecule has 148 valence electrons. The summed E-state index contributed by atoms with van der Waals surface area (Å²) in [7, 11) is 0. The number of rotatable bonds is 3. The van der Waals surface area contributed by atoms with Crippen molar-refractivity contribution in [3.05, 3.63) is 82.3 Å². The van der Waals surface area contributed by atoms with Gasteiger partial charge in [0.1, 0.15) is 22.8 Å². The molecule has 5 aromatic rings. The molecule has 4 aromatic heterocycles. The molecule has 0 radical (unpaired) electrons. The van der Waals surface area contributed by atoms with Gasteiger partial charge in [0, 0.05) is 12.3 Å². The topological polar surface area (TPSA) is 93.2 Å². The van der Waals surface area contributed by atoms with Crippen LogP contribution in [0.15, 0.2) is 64.9 Å². The summed E-state index contributed by atoms with van der Waals surface area (Å²) in [5, 5.41) is 0.378. The molecule has 30 heavy (non-hydrogen) atoms. The predicted molar refractivity (Wildman–Crippen MR) is 112 cm³/mol. The summed E-state index contributed by atoms with van der Waals surface area (Å²) in [6, 6.07) is 10.8. The number of aliphatic imine (C=N–C) groups is 1. The molecule has 0 amide bonds. The first-order valence-electron chi connectivity index (χ1n) is 8.92. The molecule has 0 aliphatic heterocycles. The van der Waals surface area contributed by atoms with Gasteiger partial charge in [-0.3, -0.25) is 4.57 Å². The van der Waals surface area contributed by atoms with Crippen LogP contribution >= 0.6 is 11.6 Å². The van der Waals surface area contributed by atoms with E-state index in [9.17, 15) is 9.18 Å². The zero-order valence-corrected chi connectivity index (χ0v) is 16.3. The van der Waals surface area contributed by atoms with Crippen molar-refractivity contribution in [3.8, 4) is 5.69 Å². The smallest absolute Gasteiger partial charge is 0.340 e. The molecule has 0 bridgehead atoms. The number of hydrogen-bond acceptors (Lipinski definition) is 5. The molecule has 5 rings (SSSR count). The number of imidazole rings is 1. The first-order valence-corrected chi connectivity index (χ1v) is 9.30. The van der Waals surface area contributed by atoms with E-state index in [2.05, 4.69) is 24.9 Å². The third-order valence-electron chi connectivity index (χ3n) is 4.70. The summed E-state index contributed by atoms with van der Waals surface area (Å²) in [5.41, 5.74) is 1.86. The van der Waals surface area contributed by atoms with Gasteiger partial charge < -0.3 is 4.98 Å². The molecule has 4 heterocycles. The van der Waals surface area contributed by atoms with Gasteiger partial charge in [0.15, 0.2) is 11.6 Å². The lowest BCUT2D eigenvalue weighted by Gasteiger charge is -2.14. The molecule has 1 aromatic carbocycles. The van der Waals surface area contributed by atoms with Gasteiger partial charge in [-0.2, -0.15) is 0 Å². The fourth-order valence-corrected chi connectivity index (χ4v) is 3.54. The van der Waals surface area contributed by atoms with Crippen LogP contribution in [-0.4, -0.2) is 34.6 Å². The fraction of sp³-hybridized carbons (Fsp3) is 0.0500. The van der Waals surface area contributed by atoms with Crippen LogP contribution < -0.4 is 5.69 Å². The van der Waals surface area contributed by atoms with Gasteiger partial charge in [0.05, 0.1) is 28.7 Å². The summed E-state index contributed by atoms with van der Waals surface area (Å²) >= 11 is 6.16. The average molecular weight is 422 g/mol. The molecular formula is C20H13ClFN7O. The van der Waals surface area contributed by atoms with Crippen LogP contribution in [0.25, 0.3) is 22.4 Å². The van der Waals surface area contributed by atoms with Crippen LogP contribution in [0.3, 0.4) is 0 Å². The summed E-state index contributed by atoms with van der Waals surface area (Å²) in [6.45, 7) is 1.72. The first-order chi connectivity index (χ1) is 14.5. The minimum Gasteiger partial charge on any atom is -0.343 e. The number of fused-ring (bicyclic) bond motifs is 2. The van der Waals surface area contributed by atoms with Crippen LogP contribution in [0.5, 0.6) is 0 Å². The van der Waals surface area contributed by atoms with Gasteiger partial charge in [-0.15, -0.1) is 0 Å². The number of nitrogens with one attached hydrogen (secondary N) is 1. The van der Waals surface area contributed by atoms with Gasteiger partial charge in [0.25, 0.3) is 0 Å². The average Bonchev–Trinajstić information content (AvgIpc) is 3.32. The van der Waals surface area contributed by atoms with E-state index in [-0.39, 0.29) is 16.4 Å². The van der Waals surface area contributed by atoms with Crippen molar-refractivity contribution >= 4 is 39.8 Å². The summed E-state index contributed by atoms with van der Waals surface area (Å²) in [6.07, 6.45) is 3.91. The highest BCUT2D eigenvalue weighted by Gasteiger charge is 2.17. The Kier molecular flexibility index (Phi) is 4.18. The van der Waals surface area contributed by atoms with Gasteiger partial charge >= 0.3 is 5.69 Å². The fourth-order valence-electron chi connectivity index (χ4n) is 3.33. The first kappa shape index (κ1) is 18.2. The molecular weight excluding hydrogens is 409 g/mol. The Hall–Kier alpha value is -3.85. The van der Waals surface area contributed by atoms with E-state index in [1.54, 1.807) is 25.1 Å². The van der Waals surface area contributed by atoms with E-state index in [4.69, 9.17) is 11.6 Å². The van der Waals surface area contributed by atoms with Crippen LogP contribution in [0.2, 0.25) is 5.15 Å². The van der Waals surface area contributed by atoms with Gasteiger partial charge in [-0.05, 0) is 19.1 Å². The van der Waals surface area contributed by atoms with Crippen molar-refractivity contribution in [1.82, 2.24) is 28.9 Å². The Morgan fingerprint density at radius 2 is 2.00 bits per heavy atom. The molecule has 8 nitrogen and oxygen atoms in total. The van der Waals surface area contributed by atoms with Crippen molar-refractivity contribution < 1.29 is 4.39 Å². The summed E-state index contributed by atoms with van der Waals surface area (Å²) in [5.74, 6) is -0.349. The monoisotopic (exact) mass is 421 g/mol. The number of halogens is 2. The Morgan fingerprint density at radius 1 is 1.20 bits per heavy atom. The minimum absolute atomic E-state index is 0.157. The van der Waals surface area contributed by atoms with E-state index in [1.807, 2.05) is 18.2 Å². The van der Waals surface area contributed by atoms with Gasteiger partial charge in [-0.25, -0.2) is 33.5 Å². The SMILES string of the molecule is CC(=Nc1ncnc2[nH]cc(F)c12)c1cc2ncc(Cl)n2c(=O)n1-c1ccccc1. The maximum Gasteiger partial charge on any atom is 0.340 e. The maximum atomic E-state index is 14.2. The normalized spacial score (nSPS) is 12.2. The molecule has 0 fully saturated rings. The minimum atomic E-state index is -0.506. The Labute approximate surface area is 173 Å². The zero-order valence-electron chi connectivity index (χ0n) is 15.5. The second-order valence-corrected chi connectivity index (χ2v) is 6.90. The second-order valence-electron chi connectivity index (χ2n) is 6.51. The van der Waals surface area contributed by atoms with Crippen molar-refractivity contribution in [3.63, 3.8) is 0 Å². The van der Waals surface area contributed by atoms with Crippen LogP contribution in [0, 0.1) is 5.82 Å². The highest BCUT2D eigenvalue weighted by Crippen LogP contribution is 2.25. The Balaban J connectivity index is 1.80. The number of hydrogen-bond donors (Lipinski definition) is 1. The third kappa shape index (κ3) is 2.79. The highest BCUT2D eigenvalue weighted by atomic mass is 35.5. The number of benzene rings is 1. The Morgan fingerprint density at radius 3 is 2.80 bits per heavy atom. The van der Waals surface area contributed by atoms with Crippen LogP contribution in [0.1, 0.15) is 12.6 Å². The number of nitrogens with zero attached hydrogens (tertiary/aromatic N) is 6. The molecule has 0 unspecified atom stereocenters. The number of aromatic amines is 1. The van der Waals surface area contributed by atoms with E-state index >= 15 is 0 Å². The van der Waals surface area contributed by atoms with Crippen LogP contribution in [0.4, 0.5) is 10.2 Å². The molecule has 1 N–H and O–H groups in total. The molecule has 0 atom stereocenters. The molecule has 0 saturated carbocycles.